The molecule has 1 atom stereocenters. The number of hydrazone groups is 1. The molecule has 68 heavy (non-hydrogen) atoms. The Balaban J connectivity index is 0.000000418. The Bertz CT molecular complexity index is 2180. The first-order valence-electron chi connectivity index (χ1n) is 24.1. The molecule has 16 heteroatoms. The molecule has 0 aromatic heterocycles. The monoisotopic (exact) mass is 946 g/mol. The van der Waals surface area contributed by atoms with Crippen LogP contribution < -0.4 is 16.0 Å². The summed E-state index contributed by atoms with van der Waals surface area (Å²) in [5.41, 5.74) is 5.29. The number of hydroxylamine groups is 1. The summed E-state index contributed by atoms with van der Waals surface area (Å²) in [6, 6.07) is 9.15. The number of rotatable bonds is 16. The number of nitrogens with one attached hydrogen (secondary N) is 3. The number of ketones is 1. The number of piperidine rings is 1. The molecule has 4 heterocycles. The molecule has 4 aliphatic heterocycles. The minimum Gasteiger partial charge on any atom is -0.392 e. The molecule has 1 unspecified atom stereocenters. The lowest BCUT2D eigenvalue weighted by Crippen LogP contribution is -2.41. The van der Waals surface area contributed by atoms with E-state index in [9.17, 15) is 23.3 Å². The minimum absolute atomic E-state index is 0.0164. The number of likely N-dealkylation sites (N-methyl/N-ethyl adjacent to an activating group) is 1. The van der Waals surface area contributed by atoms with E-state index in [1.165, 1.54) is 24.4 Å². The van der Waals surface area contributed by atoms with E-state index in [2.05, 4.69) is 51.3 Å². The minimum atomic E-state index is -0.487. The van der Waals surface area contributed by atoms with Crippen LogP contribution in [0.25, 0.3) is 5.57 Å². The number of benzene rings is 2. The molecule has 0 bridgehead atoms. The molecule has 2 aromatic carbocycles. The molecule has 0 saturated carbocycles. The van der Waals surface area contributed by atoms with E-state index in [1.807, 2.05) is 38.8 Å². The second-order valence-corrected chi connectivity index (χ2v) is 17.2. The van der Waals surface area contributed by atoms with Gasteiger partial charge >= 0.3 is 0 Å². The van der Waals surface area contributed by atoms with Gasteiger partial charge in [-0.05, 0) is 124 Å². The van der Waals surface area contributed by atoms with Crippen LogP contribution in [0.3, 0.4) is 0 Å². The highest BCUT2D eigenvalue weighted by Crippen LogP contribution is 2.28. The average Bonchev–Trinajstić information content (AvgIpc) is 3.50. The predicted octanol–water partition coefficient (Wildman–Crippen LogP) is 8.42. The number of anilines is 1. The molecule has 0 aliphatic carbocycles. The molecule has 2 fully saturated rings. The van der Waals surface area contributed by atoms with Crippen LogP contribution in [0.1, 0.15) is 94.6 Å². The quantitative estimate of drug-likeness (QED) is 0.112. The van der Waals surface area contributed by atoms with Gasteiger partial charge in [0.05, 0.1) is 18.8 Å². The molecule has 0 radical (unpaired) electrons. The van der Waals surface area contributed by atoms with E-state index in [4.69, 9.17) is 4.84 Å². The van der Waals surface area contributed by atoms with E-state index in [0.29, 0.717) is 85.9 Å². The summed E-state index contributed by atoms with van der Waals surface area (Å²) >= 11 is 0. The van der Waals surface area contributed by atoms with Crippen molar-refractivity contribution in [1.82, 2.24) is 35.6 Å². The molecule has 4 aliphatic rings. The zero-order valence-corrected chi connectivity index (χ0v) is 41.5. The van der Waals surface area contributed by atoms with E-state index in [1.54, 1.807) is 55.4 Å². The third-order valence-electron chi connectivity index (χ3n) is 12.4. The molecule has 0 spiro atoms. The van der Waals surface area contributed by atoms with Gasteiger partial charge in [-0.25, -0.2) is 13.6 Å². The summed E-state index contributed by atoms with van der Waals surface area (Å²) in [7, 11) is 3.62. The van der Waals surface area contributed by atoms with Gasteiger partial charge in [0.1, 0.15) is 23.4 Å². The summed E-state index contributed by atoms with van der Waals surface area (Å²) in [5, 5.41) is 14.8. The molecule has 2 amide bonds. The van der Waals surface area contributed by atoms with Crippen LogP contribution in [0.5, 0.6) is 0 Å². The Labute approximate surface area is 402 Å². The molecule has 13 nitrogen and oxygen atoms in total. The fraction of sp³-hybridized carbons (Fsp3) is 0.500. The molecular formula is C52H74F3N9O4. The Kier molecular flexibility index (Phi) is 22.6. The van der Waals surface area contributed by atoms with Crippen LogP contribution in [0.4, 0.5) is 18.9 Å². The molecular weight excluding hydrogens is 872 g/mol. The van der Waals surface area contributed by atoms with Crippen molar-refractivity contribution in [3.05, 3.63) is 118 Å². The number of amides is 2. The van der Waals surface area contributed by atoms with Gasteiger partial charge in [-0.15, -0.1) is 0 Å². The molecule has 3 N–H and O–H groups in total. The lowest BCUT2D eigenvalue weighted by molar-refractivity contribution is -0.243. The van der Waals surface area contributed by atoms with Crippen molar-refractivity contribution in [2.45, 2.75) is 86.1 Å². The number of carbonyl (C=O) groups excluding carboxylic acids is 3. The first-order chi connectivity index (χ1) is 32.7. The summed E-state index contributed by atoms with van der Waals surface area (Å²) < 4.78 is 43.6. The third kappa shape index (κ3) is 16.5. The highest BCUT2D eigenvalue weighted by atomic mass is 19.2. The zero-order chi connectivity index (χ0) is 49.8. The van der Waals surface area contributed by atoms with E-state index < -0.39 is 6.04 Å². The Morgan fingerprint density at radius 3 is 2.44 bits per heavy atom. The SMILES string of the molecule is C=C1/C=C(/CN2CC=C(c3ccc(C(=O)N4CCC(CN(CC)CCC)CC4)cc3F)CC2)N(C)/N=C\C=C/1N(F)OC/C=C(\C)NC.CC.Cc1ccc(NC2CCC(=O)CNC2=O)cc1F. The zero-order valence-electron chi connectivity index (χ0n) is 41.5. The van der Waals surface area contributed by atoms with Crippen LogP contribution in [-0.4, -0.2) is 134 Å². The van der Waals surface area contributed by atoms with Gasteiger partial charge in [0, 0.05) is 88.5 Å². The lowest BCUT2D eigenvalue weighted by Gasteiger charge is -2.34. The van der Waals surface area contributed by atoms with Crippen molar-refractivity contribution in [2.75, 3.05) is 84.9 Å². The normalized spacial score (nSPS) is 20.4. The van der Waals surface area contributed by atoms with Gasteiger partial charge in [0.15, 0.2) is 5.78 Å². The number of Topliss-reactive ketones (excluding diaryl/α,β-unsaturated/α-hetero) is 1. The summed E-state index contributed by atoms with van der Waals surface area (Å²) in [6.07, 6.45) is 13.2. The first-order valence-corrected chi connectivity index (χ1v) is 24.1. The van der Waals surface area contributed by atoms with E-state index in [-0.39, 0.29) is 53.4 Å². The summed E-state index contributed by atoms with van der Waals surface area (Å²) in [6.45, 7) is 22.7. The average molecular weight is 946 g/mol. The number of hydrogen-bond donors (Lipinski definition) is 3. The Morgan fingerprint density at radius 1 is 1.04 bits per heavy atom. The number of allylic oxidation sites excluding steroid dienone is 3. The predicted molar refractivity (Wildman–Crippen MR) is 267 cm³/mol. The topological polar surface area (TPSA) is 125 Å². The molecule has 2 aromatic rings. The largest absolute Gasteiger partial charge is 0.392 e. The smallest absolute Gasteiger partial charge is 0.253 e. The Hall–Kier alpha value is -5.71. The lowest BCUT2D eigenvalue weighted by atomic mass is 9.94. The van der Waals surface area contributed by atoms with Gasteiger partial charge in [-0.3, -0.25) is 24.3 Å². The number of likely N-dealkylation sites (tertiary alicyclic amines) is 1. The standard InChI is InChI=1S/C37H53F2N7O2.C13H15FN2O2.C2H6/c1-7-18-43(8-2)26-30-12-21-45(22-13-30)37(47)32-9-10-34(35(38)25-32)31-14-19-44(20-15-31)27-33-24-28(3)36(11-17-41-42(33)6)46(39)48-23-16-29(4)40-5;1-8-2-3-9(6-11(8)14)16-12-5-4-10(17)7-15-13(12)18;1-2/h9-11,14,16-17,24-25,30,40H,3,7-8,12-13,15,18-23,26-27H2,1-2,4-6H3;2-3,6,12,16H,4-5,7H2,1H3,(H,15,18);1-2H3/b29-16+,33-24-,36-11+,41-17-;;. The van der Waals surface area contributed by atoms with Crippen molar-refractivity contribution in [3.8, 4) is 0 Å². The van der Waals surface area contributed by atoms with Gasteiger partial charge in [0.25, 0.3) is 5.91 Å². The van der Waals surface area contributed by atoms with Crippen LogP contribution >= 0.6 is 0 Å². The van der Waals surface area contributed by atoms with Gasteiger partial charge in [-0.2, -0.15) is 5.10 Å². The van der Waals surface area contributed by atoms with E-state index >= 15 is 4.39 Å². The first kappa shape index (κ1) is 54.9. The maximum absolute atomic E-state index is 15.4. The Morgan fingerprint density at radius 2 is 1.79 bits per heavy atom. The number of halogens is 3. The van der Waals surface area contributed by atoms with Crippen molar-refractivity contribution in [1.29, 1.82) is 0 Å². The number of carbonyl (C=O) groups is 3. The van der Waals surface area contributed by atoms with Gasteiger partial charge < -0.3 is 25.8 Å². The summed E-state index contributed by atoms with van der Waals surface area (Å²) in [4.78, 5) is 48.0. The van der Waals surface area contributed by atoms with Crippen LogP contribution in [0.2, 0.25) is 0 Å². The third-order valence-corrected chi connectivity index (χ3v) is 12.4. The van der Waals surface area contributed by atoms with Crippen molar-refractivity contribution in [2.24, 2.45) is 11.0 Å². The number of nitrogens with zero attached hydrogens (tertiary/aromatic N) is 6. The van der Waals surface area contributed by atoms with Crippen molar-refractivity contribution in [3.63, 3.8) is 0 Å². The maximum atomic E-state index is 15.4. The number of hydrogen-bond acceptors (Lipinski definition) is 11. The van der Waals surface area contributed by atoms with Crippen molar-refractivity contribution < 1.29 is 32.5 Å². The maximum Gasteiger partial charge on any atom is 0.253 e. The fourth-order valence-electron chi connectivity index (χ4n) is 8.13. The second kappa shape index (κ2) is 27.9. The van der Waals surface area contributed by atoms with Crippen LogP contribution in [0.15, 0.2) is 95.0 Å². The van der Waals surface area contributed by atoms with E-state index in [0.717, 1.165) is 55.9 Å². The summed E-state index contributed by atoms with van der Waals surface area (Å²) in [5.74, 6) is -0.376. The van der Waals surface area contributed by atoms with Crippen molar-refractivity contribution >= 4 is 35.1 Å². The highest BCUT2D eigenvalue weighted by Gasteiger charge is 2.27. The molecule has 6 rings (SSSR count). The fourth-order valence-corrected chi connectivity index (χ4v) is 8.13. The van der Waals surface area contributed by atoms with Gasteiger partial charge in [-0.1, -0.05) is 62.2 Å². The van der Waals surface area contributed by atoms with Crippen LogP contribution in [0, 0.1) is 24.5 Å². The molecule has 2 saturated heterocycles. The van der Waals surface area contributed by atoms with Crippen LogP contribution in [-0.2, 0) is 14.4 Å². The molecule has 372 valence electrons. The number of aryl methyl sites for hydroxylation is 1. The second-order valence-electron chi connectivity index (χ2n) is 17.2. The highest BCUT2D eigenvalue weighted by molar-refractivity contribution is 5.95. The van der Waals surface area contributed by atoms with Gasteiger partial charge in [0.2, 0.25) is 5.91 Å².